The number of fused-ring (bicyclic) bond motifs is 1. The number of hydrogen-bond donors (Lipinski definition) is 0. The molecular weight excluding hydrogens is 216 g/mol. The molecule has 16 heavy (non-hydrogen) atoms. The number of benzene rings is 1. The summed E-state index contributed by atoms with van der Waals surface area (Å²) < 4.78 is 0. The van der Waals surface area contributed by atoms with Gasteiger partial charge in [0.2, 0.25) is 0 Å². The van der Waals surface area contributed by atoms with Gasteiger partial charge in [0.05, 0.1) is 4.88 Å². The van der Waals surface area contributed by atoms with Gasteiger partial charge in [0.1, 0.15) is 0 Å². The summed E-state index contributed by atoms with van der Waals surface area (Å²) in [5.74, 6) is 0.474. The van der Waals surface area contributed by atoms with E-state index in [9.17, 15) is 4.79 Å². The van der Waals surface area contributed by atoms with Crippen molar-refractivity contribution in [3.8, 4) is 0 Å². The highest BCUT2D eigenvalue weighted by molar-refractivity contribution is 7.12. The van der Waals surface area contributed by atoms with Gasteiger partial charge in [0.15, 0.2) is 5.78 Å². The Morgan fingerprint density at radius 3 is 2.31 bits per heavy atom. The lowest BCUT2D eigenvalue weighted by atomic mass is 10.00. The minimum absolute atomic E-state index is 0.163. The molecule has 80 valence electrons. The van der Waals surface area contributed by atoms with Crippen LogP contribution >= 0.6 is 11.3 Å². The van der Waals surface area contributed by atoms with Crippen LogP contribution in [-0.2, 0) is 12.8 Å². The first kappa shape index (κ1) is 9.79. The molecule has 1 aromatic carbocycles. The highest BCUT2D eigenvalue weighted by Gasteiger charge is 2.27. The van der Waals surface area contributed by atoms with Crippen molar-refractivity contribution >= 4 is 17.1 Å². The largest absolute Gasteiger partial charge is 0.293 e. The number of carbonyl (C=O) groups is 1. The maximum Gasteiger partial charge on any atom is 0.176 e. The van der Waals surface area contributed by atoms with Gasteiger partial charge in [0, 0.05) is 5.92 Å². The summed E-state index contributed by atoms with van der Waals surface area (Å²) in [7, 11) is 0. The molecule has 0 bridgehead atoms. The molecule has 0 spiro atoms. The van der Waals surface area contributed by atoms with E-state index in [2.05, 4.69) is 24.3 Å². The van der Waals surface area contributed by atoms with Gasteiger partial charge in [-0.1, -0.05) is 30.3 Å². The van der Waals surface area contributed by atoms with Gasteiger partial charge in [-0.25, -0.2) is 0 Å². The van der Waals surface area contributed by atoms with Crippen LogP contribution in [0.3, 0.4) is 0 Å². The molecule has 0 aliphatic heterocycles. The van der Waals surface area contributed by atoms with Crippen LogP contribution in [0, 0.1) is 5.92 Å². The van der Waals surface area contributed by atoms with Crippen LogP contribution in [0.25, 0.3) is 0 Å². The Kier molecular flexibility index (Phi) is 2.37. The van der Waals surface area contributed by atoms with Crippen molar-refractivity contribution in [3.05, 3.63) is 57.8 Å². The van der Waals surface area contributed by atoms with Crippen molar-refractivity contribution in [1.29, 1.82) is 0 Å². The van der Waals surface area contributed by atoms with Crippen molar-refractivity contribution in [3.63, 3.8) is 0 Å². The lowest BCUT2D eigenvalue weighted by Gasteiger charge is -2.04. The Balaban J connectivity index is 1.84. The SMILES string of the molecule is O=C(c1cccs1)C1Cc2ccccc2C1. The average molecular weight is 228 g/mol. The number of rotatable bonds is 2. The monoisotopic (exact) mass is 228 g/mol. The zero-order valence-corrected chi connectivity index (χ0v) is 9.67. The van der Waals surface area contributed by atoms with E-state index in [4.69, 9.17) is 0 Å². The fraction of sp³-hybridized carbons (Fsp3) is 0.214. The lowest BCUT2D eigenvalue weighted by molar-refractivity contribution is 0.0929. The van der Waals surface area contributed by atoms with E-state index < -0.39 is 0 Å². The van der Waals surface area contributed by atoms with Gasteiger partial charge < -0.3 is 0 Å². The summed E-state index contributed by atoms with van der Waals surface area (Å²) in [4.78, 5) is 13.1. The van der Waals surface area contributed by atoms with Crippen LogP contribution < -0.4 is 0 Å². The van der Waals surface area contributed by atoms with Gasteiger partial charge >= 0.3 is 0 Å². The Morgan fingerprint density at radius 1 is 1.06 bits per heavy atom. The molecule has 0 saturated heterocycles. The number of thiophene rings is 1. The van der Waals surface area contributed by atoms with Crippen LogP contribution in [0.5, 0.6) is 0 Å². The highest BCUT2D eigenvalue weighted by atomic mass is 32.1. The molecule has 3 rings (SSSR count). The second kappa shape index (κ2) is 3.87. The Bertz CT molecular complexity index is 488. The first-order valence-electron chi connectivity index (χ1n) is 5.49. The first-order valence-corrected chi connectivity index (χ1v) is 6.37. The minimum atomic E-state index is 0.163. The van der Waals surface area contributed by atoms with Crippen molar-refractivity contribution < 1.29 is 4.79 Å². The van der Waals surface area contributed by atoms with Crippen LogP contribution in [0.2, 0.25) is 0 Å². The number of carbonyl (C=O) groups excluding carboxylic acids is 1. The molecule has 1 aliphatic rings. The van der Waals surface area contributed by atoms with Crippen LogP contribution in [0.1, 0.15) is 20.8 Å². The van der Waals surface area contributed by atoms with E-state index in [1.165, 1.54) is 11.1 Å². The second-order valence-corrected chi connectivity index (χ2v) is 5.16. The van der Waals surface area contributed by atoms with Crippen LogP contribution in [0.15, 0.2) is 41.8 Å². The molecule has 0 amide bonds. The molecule has 1 nitrogen and oxygen atoms in total. The number of ketones is 1. The predicted molar refractivity (Wildman–Crippen MR) is 66.0 cm³/mol. The van der Waals surface area contributed by atoms with E-state index in [1.54, 1.807) is 11.3 Å². The maximum absolute atomic E-state index is 12.2. The van der Waals surface area contributed by atoms with Crippen molar-refractivity contribution in [2.45, 2.75) is 12.8 Å². The summed E-state index contributed by atoms with van der Waals surface area (Å²) in [6.45, 7) is 0. The molecule has 0 radical (unpaired) electrons. The molecule has 2 aromatic rings. The summed E-state index contributed by atoms with van der Waals surface area (Å²) in [5.41, 5.74) is 2.69. The van der Waals surface area contributed by atoms with Crippen molar-refractivity contribution in [2.75, 3.05) is 0 Å². The van der Waals surface area contributed by atoms with Crippen molar-refractivity contribution in [2.24, 2.45) is 5.92 Å². The molecular formula is C14H12OS. The van der Waals surface area contributed by atoms with Gasteiger partial charge in [0.25, 0.3) is 0 Å². The average Bonchev–Trinajstić information content (AvgIpc) is 2.97. The molecule has 1 aliphatic carbocycles. The van der Waals surface area contributed by atoms with E-state index >= 15 is 0 Å². The molecule has 0 unspecified atom stereocenters. The third-order valence-corrected chi connectivity index (χ3v) is 4.07. The van der Waals surface area contributed by atoms with Crippen LogP contribution in [-0.4, -0.2) is 5.78 Å². The first-order chi connectivity index (χ1) is 7.84. The molecule has 2 heteroatoms. The van der Waals surface area contributed by atoms with E-state index in [-0.39, 0.29) is 5.92 Å². The predicted octanol–water partition coefficient (Wildman–Crippen LogP) is 3.35. The smallest absolute Gasteiger partial charge is 0.176 e. The third kappa shape index (κ3) is 1.59. The normalized spacial score (nSPS) is 15.0. The summed E-state index contributed by atoms with van der Waals surface area (Å²) in [5, 5.41) is 1.97. The molecule has 0 fully saturated rings. The zero-order valence-electron chi connectivity index (χ0n) is 8.85. The fourth-order valence-corrected chi connectivity index (χ4v) is 3.11. The maximum atomic E-state index is 12.2. The van der Waals surface area contributed by atoms with E-state index in [1.807, 2.05) is 17.5 Å². The molecule has 1 heterocycles. The Labute approximate surface area is 98.7 Å². The van der Waals surface area contributed by atoms with Gasteiger partial charge in [-0.05, 0) is 35.4 Å². The van der Waals surface area contributed by atoms with E-state index in [0.717, 1.165) is 17.7 Å². The van der Waals surface area contributed by atoms with Gasteiger partial charge in [-0.15, -0.1) is 11.3 Å². The molecule has 0 saturated carbocycles. The zero-order chi connectivity index (χ0) is 11.0. The molecule has 0 N–H and O–H groups in total. The van der Waals surface area contributed by atoms with Gasteiger partial charge in [-0.3, -0.25) is 4.79 Å². The second-order valence-electron chi connectivity index (χ2n) is 4.22. The molecule has 1 aromatic heterocycles. The van der Waals surface area contributed by atoms with Gasteiger partial charge in [-0.2, -0.15) is 0 Å². The summed E-state index contributed by atoms with van der Waals surface area (Å²) in [6.07, 6.45) is 1.82. The highest BCUT2D eigenvalue weighted by Crippen LogP contribution is 2.29. The lowest BCUT2D eigenvalue weighted by Crippen LogP contribution is -2.13. The minimum Gasteiger partial charge on any atom is -0.293 e. The summed E-state index contributed by atoms with van der Waals surface area (Å²) in [6, 6.07) is 12.2. The third-order valence-electron chi connectivity index (χ3n) is 3.19. The summed E-state index contributed by atoms with van der Waals surface area (Å²) >= 11 is 1.55. The van der Waals surface area contributed by atoms with Crippen molar-refractivity contribution in [1.82, 2.24) is 0 Å². The Morgan fingerprint density at radius 2 is 1.75 bits per heavy atom. The van der Waals surface area contributed by atoms with E-state index in [0.29, 0.717) is 5.78 Å². The fourth-order valence-electron chi connectivity index (χ4n) is 2.36. The quantitative estimate of drug-likeness (QED) is 0.720. The number of hydrogen-bond acceptors (Lipinski definition) is 2. The topological polar surface area (TPSA) is 17.1 Å². The molecule has 0 atom stereocenters. The number of Topliss-reactive ketones (excluding diaryl/α,β-unsaturated/α-hetero) is 1. The van der Waals surface area contributed by atoms with Crippen LogP contribution in [0.4, 0.5) is 0 Å². The standard InChI is InChI=1S/C14H12OS/c15-14(13-6-3-7-16-13)12-8-10-4-1-2-5-11(10)9-12/h1-7,12H,8-9H2. The Hall–Kier alpha value is -1.41.